The van der Waals surface area contributed by atoms with E-state index >= 15 is 0 Å². The lowest BCUT2D eigenvalue weighted by Gasteiger charge is -2.27. The number of rotatable bonds is 3. The molecule has 0 saturated heterocycles. The molecule has 0 spiro atoms. The predicted octanol–water partition coefficient (Wildman–Crippen LogP) is 3.22. The molecule has 0 fully saturated rings. The van der Waals surface area contributed by atoms with Crippen molar-refractivity contribution in [1.82, 2.24) is 0 Å². The van der Waals surface area contributed by atoms with Crippen molar-refractivity contribution in [2.45, 2.75) is 25.9 Å². The van der Waals surface area contributed by atoms with Gasteiger partial charge in [-0.3, -0.25) is 0 Å². The maximum atomic E-state index is 13.2. The predicted molar refractivity (Wildman–Crippen MR) is 91.5 cm³/mol. The molecular formula is C19H16F3NO5. The third kappa shape index (κ3) is 3.47. The number of benzene rings is 1. The average Bonchev–Trinajstić information content (AvgIpc) is 2.59. The van der Waals surface area contributed by atoms with Crippen LogP contribution in [0.15, 0.2) is 51.0 Å². The molecule has 3 rings (SSSR count). The van der Waals surface area contributed by atoms with Gasteiger partial charge in [0.1, 0.15) is 17.1 Å². The van der Waals surface area contributed by atoms with Crippen LogP contribution in [0.2, 0.25) is 0 Å². The van der Waals surface area contributed by atoms with Gasteiger partial charge in [0.05, 0.1) is 23.7 Å². The molecule has 0 bridgehead atoms. The van der Waals surface area contributed by atoms with Gasteiger partial charge >= 0.3 is 17.8 Å². The van der Waals surface area contributed by atoms with E-state index in [0.29, 0.717) is 0 Å². The number of ether oxygens (including phenoxy) is 2. The van der Waals surface area contributed by atoms with Gasteiger partial charge in [0.2, 0.25) is 5.88 Å². The van der Waals surface area contributed by atoms with Crippen LogP contribution in [0.4, 0.5) is 13.2 Å². The van der Waals surface area contributed by atoms with Crippen LogP contribution in [0, 0.1) is 6.92 Å². The lowest BCUT2D eigenvalue weighted by atomic mass is 9.83. The second kappa shape index (κ2) is 7.06. The van der Waals surface area contributed by atoms with Crippen LogP contribution in [-0.2, 0) is 15.7 Å². The van der Waals surface area contributed by atoms with Crippen molar-refractivity contribution in [2.75, 3.05) is 6.61 Å². The van der Waals surface area contributed by atoms with Crippen molar-refractivity contribution in [2.24, 2.45) is 5.73 Å². The molecule has 1 aromatic carbocycles. The molecule has 2 heterocycles. The number of esters is 1. The van der Waals surface area contributed by atoms with Crippen molar-refractivity contribution in [3.63, 3.8) is 0 Å². The van der Waals surface area contributed by atoms with Crippen molar-refractivity contribution in [1.29, 1.82) is 0 Å². The van der Waals surface area contributed by atoms with Gasteiger partial charge in [-0.1, -0.05) is 18.2 Å². The highest BCUT2D eigenvalue weighted by Gasteiger charge is 2.39. The summed E-state index contributed by atoms with van der Waals surface area (Å²) >= 11 is 0. The molecule has 2 aromatic rings. The van der Waals surface area contributed by atoms with Gasteiger partial charge in [0.15, 0.2) is 0 Å². The third-order valence-electron chi connectivity index (χ3n) is 4.18. The zero-order chi connectivity index (χ0) is 20.6. The van der Waals surface area contributed by atoms with Gasteiger partial charge in [-0.2, -0.15) is 13.2 Å². The first-order valence-corrected chi connectivity index (χ1v) is 8.30. The van der Waals surface area contributed by atoms with E-state index in [1.54, 1.807) is 6.92 Å². The SMILES string of the molecule is CCOC(=O)C1=C(N)Oc2cc(C)oc(=O)c2C1c1cccc(C(F)(F)F)c1. The second-order valence-electron chi connectivity index (χ2n) is 6.08. The summed E-state index contributed by atoms with van der Waals surface area (Å²) in [5.74, 6) is -2.24. The molecule has 0 radical (unpaired) electrons. The number of hydrogen-bond acceptors (Lipinski definition) is 6. The highest BCUT2D eigenvalue weighted by atomic mass is 19.4. The summed E-state index contributed by atoms with van der Waals surface area (Å²) < 4.78 is 55.0. The topological polar surface area (TPSA) is 91.8 Å². The van der Waals surface area contributed by atoms with Gasteiger partial charge in [0, 0.05) is 6.07 Å². The smallest absolute Gasteiger partial charge is 0.416 e. The first-order chi connectivity index (χ1) is 13.1. The second-order valence-corrected chi connectivity index (χ2v) is 6.08. The Labute approximate surface area is 157 Å². The Kier molecular flexibility index (Phi) is 4.93. The fourth-order valence-corrected chi connectivity index (χ4v) is 3.05. The molecule has 1 aliphatic rings. The number of aryl methyl sites for hydroxylation is 1. The van der Waals surface area contributed by atoms with Gasteiger partial charge in [-0.15, -0.1) is 0 Å². The molecule has 148 valence electrons. The highest BCUT2D eigenvalue weighted by Crippen LogP contribution is 2.42. The van der Waals surface area contributed by atoms with E-state index in [-0.39, 0.29) is 40.7 Å². The maximum Gasteiger partial charge on any atom is 0.416 e. The van der Waals surface area contributed by atoms with Gasteiger partial charge in [0.25, 0.3) is 0 Å². The monoisotopic (exact) mass is 395 g/mol. The standard InChI is InChI=1S/C19H16F3NO5/c1-3-26-17(24)15-13(10-5-4-6-11(8-10)19(20,21)22)14-12(28-16(15)23)7-9(2)27-18(14)25/h4-8,13H,3,23H2,1-2H3. The van der Waals surface area contributed by atoms with Crippen LogP contribution >= 0.6 is 0 Å². The zero-order valence-electron chi connectivity index (χ0n) is 14.9. The number of halogens is 3. The Hall–Kier alpha value is -3.23. The summed E-state index contributed by atoms with van der Waals surface area (Å²) in [6, 6.07) is 5.67. The maximum absolute atomic E-state index is 13.2. The molecule has 6 nitrogen and oxygen atoms in total. The molecular weight excluding hydrogens is 379 g/mol. The van der Waals surface area contributed by atoms with Gasteiger partial charge in [-0.25, -0.2) is 9.59 Å². The first kappa shape index (κ1) is 19.5. The van der Waals surface area contributed by atoms with Crippen LogP contribution in [0.1, 0.15) is 35.3 Å². The lowest BCUT2D eigenvalue weighted by Crippen LogP contribution is -2.31. The quantitative estimate of drug-likeness (QED) is 0.803. The normalized spacial score (nSPS) is 16.4. The van der Waals surface area contributed by atoms with E-state index < -0.39 is 29.3 Å². The number of carbonyl (C=O) groups excluding carboxylic acids is 1. The first-order valence-electron chi connectivity index (χ1n) is 8.30. The largest absolute Gasteiger partial charge is 0.462 e. The minimum Gasteiger partial charge on any atom is -0.462 e. The van der Waals surface area contributed by atoms with Crippen LogP contribution in [0.25, 0.3) is 0 Å². The molecule has 28 heavy (non-hydrogen) atoms. The molecule has 1 aromatic heterocycles. The van der Waals surface area contributed by atoms with E-state index in [0.717, 1.165) is 12.1 Å². The van der Waals surface area contributed by atoms with Crippen molar-refractivity contribution in [3.8, 4) is 5.75 Å². The Bertz CT molecular complexity index is 1020. The summed E-state index contributed by atoms with van der Waals surface area (Å²) in [5, 5.41) is 0. The number of carbonyl (C=O) groups is 1. The Balaban J connectivity index is 2.28. The van der Waals surface area contributed by atoms with E-state index in [2.05, 4.69) is 0 Å². The molecule has 2 N–H and O–H groups in total. The van der Waals surface area contributed by atoms with Gasteiger partial charge in [-0.05, 0) is 25.5 Å². The molecule has 9 heteroatoms. The van der Waals surface area contributed by atoms with Crippen LogP contribution in [0.3, 0.4) is 0 Å². The van der Waals surface area contributed by atoms with E-state index in [1.165, 1.54) is 25.1 Å². The summed E-state index contributed by atoms with van der Waals surface area (Å²) in [6.07, 6.45) is -4.61. The number of nitrogens with two attached hydrogens (primary N) is 1. The van der Waals surface area contributed by atoms with Crippen LogP contribution in [-0.4, -0.2) is 12.6 Å². The fourth-order valence-electron chi connectivity index (χ4n) is 3.05. The average molecular weight is 395 g/mol. The molecule has 1 atom stereocenters. The third-order valence-corrected chi connectivity index (χ3v) is 4.18. The van der Waals surface area contributed by atoms with E-state index in [4.69, 9.17) is 19.6 Å². The minimum absolute atomic E-state index is 0.000284. The summed E-state index contributed by atoms with van der Waals surface area (Å²) in [7, 11) is 0. The zero-order valence-corrected chi connectivity index (χ0v) is 14.9. The number of alkyl halides is 3. The van der Waals surface area contributed by atoms with Gasteiger partial charge < -0.3 is 19.6 Å². The lowest BCUT2D eigenvalue weighted by molar-refractivity contribution is -0.139. The fraction of sp³-hybridized carbons (Fsp3) is 0.263. The summed E-state index contributed by atoms with van der Waals surface area (Å²) in [6.45, 7) is 3.06. The molecule has 0 saturated carbocycles. The summed E-state index contributed by atoms with van der Waals surface area (Å²) in [4.78, 5) is 25.0. The van der Waals surface area contributed by atoms with Crippen molar-refractivity contribution < 1.29 is 31.9 Å². The summed E-state index contributed by atoms with van der Waals surface area (Å²) in [5.41, 5.74) is 3.75. The van der Waals surface area contributed by atoms with E-state index in [9.17, 15) is 22.8 Å². The Morgan fingerprint density at radius 1 is 1.29 bits per heavy atom. The Morgan fingerprint density at radius 2 is 2.00 bits per heavy atom. The van der Waals surface area contributed by atoms with Crippen LogP contribution in [0.5, 0.6) is 5.75 Å². The molecule has 1 aliphatic heterocycles. The van der Waals surface area contributed by atoms with E-state index in [1.807, 2.05) is 0 Å². The highest BCUT2D eigenvalue weighted by molar-refractivity contribution is 5.92. The minimum atomic E-state index is -4.61. The Morgan fingerprint density at radius 3 is 2.64 bits per heavy atom. The van der Waals surface area contributed by atoms with Crippen LogP contribution < -0.4 is 16.1 Å². The van der Waals surface area contributed by atoms with Crippen molar-refractivity contribution in [3.05, 3.63) is 74.7 Å². The van der Waals surface area contributed by atoms with Crippen molar-refractivity contribution >= 4 is 5.97 Å². The number of hydrogen-bond donors (Lipinski definition) is 1. The number of fused-ring (bicyclic) bond motifs is 1. The molecule has 0 amide bonds. The molecule has 0 aliphatic carbocycles. The molecule has 1 unspecified atom stereocenters.